The van der Waals surface area contributed by atoms with Crippen LogP contribution in [-0.4, -0.2) is 84.8 Å². The van der Waals surface area contributed by atoms with Crippen molar-refractivity contribution in [1.82, 2.24) is 34.9 Å². The topological polar surface area (TPSA) is 175 Å². The van der Waals surface area contributed by atoms with Crippen molar-refractivity contribution in [3.05, 3.63) is 94.2 Å². The molecule has 5 aromatic rings. The van der Waals surface area contributed by atoms with Crippen molar-refractivity contribution in [3.8, 4) is 0 Å². The minimum atomic E-state index is -1.02. The molecule has 2 atom stereocenters. The first-order valence-electron chi connectivity index (χ1n) is 18.8. The number of amides is 5. The number of rotatable bonds is 7. The van der Waals surface area contributed by atoms with E-state index in [-0.39, 0.29) is 35.8 Å². The Morgan fingerprint density at radius 3 is 2.48 bits per heavy atom. The van der Waals surface area contributed by atoms with Gasteiger partial charge in [0.05, 0.1) is 22.4 Å². The molecule has 4 aliphatic heterocycles. The summed E-state index contributed by atoms with van der Waals surface area (Å²) < 4.78 is 1.74. The second-order valence-corrected chi connectivity index (χ2v) is 15.0. The number of para-hydroxylation sites is 1. The highest BCUT2D eigenvalue weighted by Crippen LogP contribution is 2.34. The maximum Gasteiger partial charge on any atom is 0.262 e. The van der Waals surface area contributed by atoms with Crippen LogP contribution in [0.2, 0.25) is 0 Å². The number of benzene rings is 3. The molecular formula is C41H40N10O5. The molecule has 0 saturated carbocycles. The predicted octanol–water partition coefficient (Wildman–Crippen LogP) is 4.28. The lowest BCUT2D eigenvalue weighted by Gasteiger charge is -2.31. The third-order valence-corrected chi connectivity index (χ3v) is 11.4. The van der Waals surface area contributed by atoms with Crippen LogP contribution in [0.25, 0.3) is 11.0 Å². The highest BCUT2D eigenvalue weighted by Gasteiger charge is 2.45. The van der Waals surface area contributed by atoms with E-state index in [1.807, 2.05) is 24.1 Å². The van der Waals surface area contributed by atoms with Gasteiger partial charge in [0.2, 0.25) is 23.7 Å². The molecular weight excluding hydrogens is 713 g/mol. The van der Waals surface area contributed by atoms with Crippen LogP contribution in [0.15, 0.2) is 60.8 Å². The lowest BCUT2D eigenvalue weighted by Crippen LogP contribution is -2.54. The second kappa shape index (κ2) is 13.6. The fraction of sp³-hybridized carbons (Fsp3) is 0.317. The summed E-state index contributed by atoms with van der Waals surface area (Å²) in [6.07, 6.45) is 3.34. The van der Waals surface area contributed by atoms with Crippen molar-refractivity contribution in [1.29, 1.82) is 0 Å². The SMILES string of the molecule is Cc1cccc(C)c1Nc1nn(C)c2nc(Nc3ccc4c(c3)CN(C(=O)C3CCN(c5ccc6c(c5)C(=O)N(C5CCC(=O)NC5=O)C6=O)C3)CC4)ncc12. The quantitative estimate of drug-likeness (QED) is 0.203. The van der Waals surface area contributed by atoms with E-state index in [9.17, 15) is 24.0 Å². The molecule has 2 unspecified atom stereocenters. The number of nitrogens with one attached hydrogen (secondary N) is 3. The van der Waals surface area contributed by atoms with Crippen molar-refractivity contribution in [3.63, 3.8) is 0 Å². The monoisotopic (exact) mass is 752 g/mol. The standard InChI is InChI=1S/C41H40N10O5/c1-22-5-4-6-23(2)34(22)45-35-31-19-42-41(46-36(31)48(3)47-35)43-27-8-7-24-13-16-50(21-26(24)17-27)38(54)25-14-15-49(20-25)28-9-10-29-30(18-28)40(56)51(39(29)55)32-11-12-33(52)44-37(32)53/h4-10,17-19,25,32H,11-16,20-21H2,1-3H3,(H,45,47)(H,42,43,46)(H,44,52,53). The van der Waals surface area contributed by atoms with Crippen molar-refractivity contribution >= 4 is 69.4 Å². The molecule has 4 aliphatic rings. The van der Waals surface area contributed by atoms with Crippen LogP contribution in [0.5, 0.6) is 0 Å². The van der Waals surface area contributed by atoms with E-state index >= 15 is 0 Å². The molecule has 0 spiro atoms. The first-order chi connectivity index (χ1) is 27.0. The fourth-order valence-corrected chi connectivity index (χ4v) is 8.38. The molecule has 56 heavy (non-hydrogen) atoms. The van der Waals surface area contributed by atoms with Crippen molar-refractivity contribution < 1.29 is 24.0 Å². The number of aromatic nitrogens is 4. The van der Waals surface area contributed by atoms with Crippen molar-refractivity contribution in [2.45, 2.75) is 52.1 Å². The molecule has 2 saturated heterocycles. The third-order valence-electron chi connectivity index (χ3n) is 11.4. The Labute approximate surface area is 322 Å². The van der Waals surface area contributed by atoms with Gasteiger partial charge in [0.1, 0.15) is 6.04 Å². The predicted molar refractivity (Wildman–Crippen MR) is 208 cm³/mol. The zero-order valence-corrected chi connectivity index (χ0v) is 31.3. The lowest BCUT2D eigenvalue weighted by molar-refractivity contribution is -0.137. The number of anilines is 5. The average molecular weight is 753 g/mol. The number of hydrogen-bond acceptors (Lipinski definition) is 11. The zero-order chi connectivity index (χ0) is 38.8. The van der Waals surface area contributed by atoms with Crippen LogP contribution in [0.1, 0.15) is 62.2 Å². The molecule has 5 amide bonds. The van der Waals surface area contributed by atoms with E-state index in [4.69, 9.17) is 4.98 Å². The summed E-state index contributed by atoms with van der Waals surface area (Å²) in [6.45, 7) is 6.34. The van der Waals surface area contributed by atoms with Crippen LogP contribution in [0, 0.1) is 19.8 Å². The molecule has 15 nitrogen and oxygen atoms in total. The number of piperidine rings is 1. The molecule has 9 rings (SSSR count). The summed E-state index contributed by atoms with van der Waals surface area (Å²) in [5, 5.41) is 14.5. The Kier molecular flexibility index (Phi) is 8.51. The summed E-state index contributed by atoms with van der Waals surface area (Å²) >= 11 is 0. The first-order valence-corrected chi connectivity index (χ1v) is 18.8. The molecule has 3 aromatic carbocycles. The second-order valence-electron chi connectivity index (χ2n) is 15.0. The van der Waals surface area contributed by atoms with Crippen LogP contribution in [-0.2, 0) is 34.4 Å². The molecule has 3 N–H and O–H groups in total. The third kappa shape index (κ3) is 6.08. The number of carbonyl (C=O) groups is 5. The number of carbonyl (C=O) groups excluding carboxylic acids is 5. The Morgan fingerprint density at radius 2 is 1.68 bits per heavy atom. The highest BCUT2D eigenvalue weighted by atomic mass is 16.2. The van der Waals surface area contributed by atoms with Gasteiger partial charge in [0.25, 0.3) is 11.8 Å². The summed E-state index contributed by atoms with van der Waals surface area (Å²) in [5.74, 6) is -1.16. The summed E-state index contributed by atoms with van der Waals surface area (Å²) in [4.78, 5) is 78.9. The molecule has 0 aliphatic carbocycles. The van der Waals surface area contributed by atoms with Crippen molar-refractivity contribution in [2.24, 2.45) is 13.0 Å². The smallest absolute Gasteiger partial charge is 0.262 e. The number of aryl methyl sites for hydroxylation is 3. The summed E-state index contributed by atoms with van der Waals surface area (Å²) in [5.41, 5.74) is 8.22. The summed E-state index contributed by atoms with van der Waals surface area (Å²) in [6, 6.07) is 16.4. The minimum absolute atomic E-state index is 0.0614. The maximum absolute atomic E-state index is 13.9. The van der Waals surface area contributed by atoms with E-state index in [2.05, 4.69) is 69.0 Å². The normalized spacial score (nSPS) is 19.4. The lowest BCUT2D eigenvalue weighted by atomic mass is 9.97. The molecule has 0 bridgehead atoms. The molecule has 2 fully saturated rings. The van der Waals surface area contributed by atoms with Crippen LogP contribution in [0.4, 0.5) is 28.8 Å². The minimum Gasteiger partial charge on any atom is -0.371 e. The summed E-state index contributed by atoms with van der Waals surface area (Å²) in [7, 11) is 1.86. The fourth-order valence-electron chi connectivity index (χ4n) is 8.38. The van der Waals surface area contributed by atoms with E-state index in [1.165, 1.54) is 5.56 Å². The maximum atomic E-state index is 13.9. The first kappa shape index (κ1) is 35.1. The van der Waals surface area contributed by atoms with Gasteiger partial charge in [-0.25, -0.2) is 9.67 Å². The van der Waals surface area contributed by atoms with Crippen LogP contribution in [0.3, 0.4) is 0 Å². The number of fused-ring (bicyclic) bond motifs is 3. The van der Waals surface area contributed by atoms with E-state index in [1.54, 1.807) is 29.1 Å². The number of imide groups is 2. The Balaban J connectivity index is 0.853. The van der Waals surface area contributed by atoms with Gasteiger partial charge in [0.15, 0.2) is 11.5 Å². The van der Waals surface area contributed by atoms with Gasteiger partial charge in [-0.3, -0.25) is 34.2 Å². The molecule has 284 valence electrons. The van der Waals surface area contributed by atoms with Crippen molar-refractivity contribution in [2.75, 3.05) is 35.2 Å². The average Bonchev–Trinajstić information content (AvgIpc) is 3.87. The van der Waals surface area contributed by atoms with Gasteiger partial charge in [0, 0.05) is 62.9 Å². The number of nitrogens with zero attached hydrogens (tertiary/aromatic N) is 7. The highest BCUT2D eigenvalue weighted by molar-refractivity contribution is 6.23. The Bertz CT molecular complexity index is 2490. The van der Waals surface area contributed by atoms with E-state index in [0.717, 1.165) is 50.5 Å². The van der Waals surface area contributed by atoms with E-state index < -0.39 is 29.7 Å². The van der Waals surface area contributed by atoms with Gasteiger partial charge < -0.3 is 20.4 Å². The van der Waals surface area contributed by atoms with Crippen LogP contribution < -0.4 is 20.9 Å². The molecule has 2 aromatic heterocycles. The van der Waals surface area contributed by atoms with Gasteiger partial charge in [-0.2, -0.15) is 10.1 Å². The van der Waals surface area contributed by atoms with Crippen LogP contribution >= 0.6 is 0 Å². The van der Waals surface area contributed by atoms with Gasteiger partial charge in [-0.1, -0.05) is 24.3 Å². The number of hydrogen-bond donors (Lipinski definition) is 3. The van der Waals surface area contributed by atoms with Gasteiger partial charge >= 0.3 is 0 Å². The van der Waals surface area contributed by atoms with E-state index in [0.29, 0.717) is 50.0 Å². The van der Waals surface area contributed by atoms with Gasteiger partial charge in [-0.05, 0) is 85.7 Å². The molecule has 0 radical (unpaired) electrons. The Hall–Kier alpha value is -6.64. The zero-order valence-electron chi connectivity index (χ0n) is 31.3. The molecule has 15 heteroatoms. The van der Waals surface area contributed by atoms with Gasteiger partial charge in [-0.15, -0.1) is 0 Å². The molecule has 6 heterocycles. The Morgan fingerprint density at radius 1 is 0.875 bits per heavy atom. The largest absolute Gasteiger partial charge is 0.371 e.